The molecule has 0 radical (unpaired) electrons. The molecule has 3 atom stereocenters. The Morgan fingerprint density at radius 2 is 1.68 bits per heavy atom. The van der Waals surface area contributed by atoms with Gasteiger partial charge in [0.2, 0.25) is 0 Å². The van der Waals surface area contributed by atoms with Crippen molar-refractivity contribution in [2.45, 2.75) is 52.9 Å². The minimum Gasteiger partial charge on any atom is -0.392 e. The van der Waals surface area contributed by atoms with Gasteiger partial charge >= 0.3 is 0 Å². The van der Waals surface area contributed by atoms with Gasteiger partial charge < -0.3 is 15.5 Å². The van der Waals surface area contributed by atoms with E-state index in [1.807, 2.05) is 18.2 Å². The normalized spacial score (nSPS) is 16.4. The van der Waals surface area contributed by atoms with Crippen LogP contribution in [0.25, 0.3) is 0 Å². The smallest absolute Gasteiger partial charge is 0.0945 e. The zero-order valence-electron chi connectivity index (χ0n) is 12.6. The molecule has 0 aliphatic carbocycles. The Morgan fingerprint density at radius 1 is 1.05 bits per heavy atom. The number of aryl methyl sites for hydroxylation is 2. The van der Waals surface area contributed by atoms with Crippen LogP contribution in [0.2, 0.25) is 0 Å². The summed E-state index contributed by atoms with van der Waals surface area (Å²) in [6.07, 6.45) is -0.966. The Labute approximate surface area is 116 Å². The van der Waals surface area contributed by atoms with Crippen LogP contribution in [0, 0.1) is 19.8 Å². The lowest BCUT2D eigenvalue weighted by Crippen LogP contribution is -2.42. The average molecular weight is 265 g/mol. The van der Waals surface area contributed by atoms with E-state index in [2.05, 4.69) is 33.0 Å². The molecule has 0 saturated heterocycles. The van der Waals surface area contributed by atoms with Crippen LogP contribution in [0.15, 0.2) is 18.2 Å². The van der Waals surface area contributed by atoms with Crippen molar-refractivity contribution in [2.24, 2.45) is 5.92 Å². The van der Waals surface area contributed by atoms with Gasteiger partial charge in [0, 0.05) is 12.6 Å². The molecule has 0 spiro atoms. The van der Waals surface area contributed by atoms with E-state index < -0.39 is 12.2 Å². The van der Waals surface area contributed by atoms with Crippen LogP contribution in [0.5, 0.6) is 0 Å². The molecule has 1 rings (SSSR count). The third kappa shape index (κ3) is 4.60. The summed E-state index contributed by atoms with van der Waals surface area (Å²) in [4.78, 5) is 0. The molecule has 0 heterocycles. The van der Waals surface area contributed by atoms with Crippen LogP contribution in [0.4, 0.5) is 0 Å². The number of hydrogen-bond donors (Lipinski definition) is 3. The molecular weight excluding hydrogens is 238 g/mol. The highest BCUT2D eigenvalue weighted by Crippen LogP contribution is 2.23. The second-order valence-corrected chi connectivity index (χ2v) is 5.82. The van der Waals surface area contributed by atoms with Gasteiger partial charge in [0.25, 0.3) is 0 Å². The van der Waals surface area contributed by atoms with Crippen LogP contribution >= 0.6 is 0 Å². The van der Waals surface area contributed by atoms with E-state index >= 15 is 0 Å². The minimum absolute atomic E-state index is 0.0586. The fourth-order valence-electron chi connectivity index (χ4n) is 2.17. The zero-order chi connectivity index (χ0) is 14.6. The second kappa shape index (κ2) is 7.04. The Bertz CT molecular complexity index is 402. The number of rotatable bonds is 6. The SMILES string of the molecule is Cc1ccc(C(O)C(NCC(C)O)C(C)C)cc1C. The van der Waals surface area contributed by atoms with E-state index in [9.17, 15) is 10.2 Å². The molecule has 0 aliphatic rings. The average Bonchev–Trinajstić information content (AvgIpc) is 2.31. The van der Waals surface area contributed by atoms with Crippen molar-refractivity contribution in [2.75, 3.05) is 6.54 Å². The molecule has 108 valence electrons. The molecule has 3 heteroatoms. The third-order valence-electron chi connectivity index (χ3n) is 3.58. The molecule has 0 bridgehead atoms. The monoisotopic (exact) mass is 265 g/mol. The number of aliphatic hydroxyl groups is 2. The van der Waals surface area contributed by atoms with Gasteiger partial charge in [-0.15, -0.1) is 0 Å². The van der Waals surface area contributed by atoms with Crippen molar-refractivity contribution >= 4 is 0 Å². The third-order valence-corrected chi connectivity index (χ3v) is 3.58. The number of hydrogen-bond acceptors (Lipinski definition) is 3. The maximum Gasteiger partial charge on any atom is 0.0945 e. The Balaban J connectivity index is 2.85. The summed E-state index contributed by atoms with van der Waals surface area (Å²) < 4.78 is 0. The molecule has 3 N–H and O–H groups in total. The first kappa shape index (κ1) is 16.2. The minimum atomic E-state index is -0.557. The standard InChI is InChI=1S/C16H27NO2/c1-10(2)15(17-9-13(5)18)16(19)14-7-6-11(3)12(4)8-14/h6-8,10,13,15-19H,9H2,1-5H3. The van der Waals surface area contributed by atoms with Crippen LogP contribution < -0.4 is 5.32 Å². The fourth-order valence-corrected chi connectivity index (χ4v) is 2.17. The van der Waals surface area contributed by atoms with Crippen LogP contribution in [0.3, 0.4) is 0 Å². The van der Waals surface area contributed by atoms with E-state index in [1.165, 1.54) is 11.1 Å². The highest BCUT2D eigenvalue weighted by molar-refractivity contribution is 5.31. The molecule has 0 aliphatic heterocycles. The molecule has 0 fully saturated rings. The quantitative estimate of drug-likeness (QED) is 0.740. The van der Waals surface area contributed by atoms with E-state index in [1.54, 1.807) is 6.92 Å². The highest BCUT2D eigenvalue weighted by Gasteiger charge is 2.24. The van der Waals surface area contributed by atoms with Gasteiger partial charge in [-0.05, 0) is 43.4 Å². The van der Waals surface area contributed by atoms with Gasteiger partial charge in [0.05, 0.1) is 12.2 Å². The molecule has 0 amide bonds. The van der Waals surface area contributed by atoms with Crippen LogP contribution in [-0.2, 0) is 0 Å². The summed E-state index contributed by atoms with van der Waals surface area (Å²) in [7, 11) is 0. The van der Waals surface area contributed by atoms with E-state index in [-0.39, 0.29) is 12.0 Å². The first-order chi connectivity index (χ1) is 8.82. The van der Waals surface area contributed by atoms with Crippen molar-refractivity contribution in [1.82, 2.24) is 5.32 Å². The van der Waals surface area contributed by atoms with Crippen molar-refractivity contribution in [3.8, 4) is 0 Å². The Morgan fingerprint density at radius 3 is 2.16 bits per heavy atom. The van der Waals surface area contributed by atoms with Gasteiger partial charge in [-0.25, -0.2) is 0 Å². The molecule has 3 unspecified atom stereocenters. The van der Waals surface area contributed by atoms with E-state index in [4.69, 9.17) is 0 Å². The molecule has 1 aromatic rings. The van der Waals surface area contributed by atoms with Crippen molar-refractivity contribution in [3.05, 3.63) is 34.9 Å². The topological polar surface area (TPSA) is 52.5 Å². The number of nitrogens with one attached hydrogen (secondary N) is 1. The van der Waals surface area contributed by atoms with Gasteiger partial charge in [-0.2, -0.15) is 0 Å². The lowest BCUT2D eigenvalue weighted by molar-refractivity contribution is 0.0930. The second-order valence-electron chi connectivity index (χ2n) is 5.82. The highest BCUT2D eigenvalue weighted by atomic mass is 16.3. The lowest BCUT2D eigenvalue weighted by Gasteiger charge is -2.29. The summed E-state index contributed by atoms with van der Waals surface area (Å²) in [5, 5.41) is 23.2. The van der Waals surface area contributed by atoms with Gasteiger partial charge in [-0.3, -0.25) is 0 Å². The molecule has 3 nitrogen and oxygen atoms in total. The first-order valence-electron chi connectivity index (χ1n) is 6.99. The number of aliphatic hydroxyl groups excluding tert-OH is 2. The predicted octanol–water partition coefficient (Wildman–Crippen LogP) is 2.33. The maximum atomic E-state index is 10.5. The Kier molecular flexibility index (Phi) is 5.98. The van der Waals surface area contributed by atoms with Crippen molar-refractivity contribution in [1.29, 1.82) is 0 Å². The molecule has 0 aromatic heterocycles. The lowest BCUT2D eigenvalue weighted by atomic mass is 9.91. The summed E-state index contributed by atoms with van der Waals surface area (Å²) >= 11 is 0. The predicted molar refractivity (Wildman–Crippen MR) is 79.2 cm³/mol. The number of benzene rings is 1. The zero-order valence-corrected chi connectivity index (χ0v) is 12.6. The summed E-state index contributed by atoms with van der Waals surface area (Å²) in [5.41, 5.74) is 3.35. The molecular formula is C16H27NO2. The van der Waals surface area contributed by atoms with Crippen molar-refractivity contribution < 1.29 is 10.2 Å². The van der Waals surface area contributed by atoms with Crippen LogP contribution in [-0.4, -0.2) is 28.9 Å². The van der Waals surface area contributed by atoms with E-state index in [0.29, 0.717) is 6.54 Å². The van der Waals surface area contributed by atoms with Crippen LogP contribution in [0.1, 0.15) is 43.6 Å². The van der Waals surface area contributed by atoms with Gasteiger partial charge in [0.1, 0.15) is 0 Å². The summed E-state index contributed by atoms with van der Waals surface area (Å²) in [6.45, 7) is 10.5. The molecule has 0 saturated carbocycles. The summed E-state index contributed by atoms with van der Waals surface area (Å²) in [5.74, 6) is 0.287. The largest absolute Gasteiger partial charge is 0.392 e. The van der Waals surface area contributed by atoms with Gasteiger partial charge in [0.15, 0.2) is 0 Å². The Hall–Kier alpha value is -0.900. The van der Waals surface area contributed by atoms with Gasteiger partial charge in [-0.1, -0.05) is 32.0 Å². The van der Waals surface area contributed by atoms with Crippen molar-refractivity contribution in [3.63, 3.8) is 0 Å². The molecule has 19 heavy (non-hydrogen) atoms. The first-order valence-corrected chi connectivity index (χ1v) is 6.99. The summed E-state index contributed by atoms with van der Waals surface area (Å²) in [6, 6.07) is 6.00. The molecule has 1 aromatic carbocycles. The van der Waals surface area contributed by atoms with E-state index in [0.717, 1.165) is 5.56 Å². The maximum absolute atomic E-state index is 10.5. The fraction of sp³-hybridized carbons (Fsp3) is 0.625.